The van der Waals surface area contributed by atoms with Gasteiger partial charge >= 0.3 is 0 Å². The fourth-order valence-electron chi connectivity index (χ4n) is 3.37. The number of hydrogen-bond acceptors (Lipinski definition) is 4. The van der Waals surface area contributed by atoms with Gasteiger partial charge in [0.2, 0.25) is 5.91 Å². The lowest BCUT2D eigenvalue weighted by molar-refractivity contribution is -0.131. The molecule has 3 heterocycles. The SMILES string of the molecule is O=C(/C=C/c1cc2c(cn1)[nH]c1ccccc12)NC(=O)C1CCNCC1. The molecule has 0 spiro atoms. The second kappa shape index (κ2) is 7.09. The van der Waals surface area contributed by atoms with Crippen LogP contribution >= 0.6 is 0 Å². The summed E-state index contributed by atoms with van der Waals surface area (Å²) in [6, 6.07) is 9.98. The van der Waals surface area contributed by atoms with Gasteiger partial charge in [-0.2, -0.15) is 0 Å². The summed E-state index contributed by atoms with van der Waals surface area (Å²) in [5.74, 6) is -0.690. The lowest BCUT2D eigenvalue weighted by Crippen LogP contribution is -2.40. The summed E-state index contributed by atoms with van der Waals surface area (Å²) in [5.41, 5.74) is 2.68. The summed E-state index contributed by atoms with van der Waals surface area (Å²) in [5, 5.41) is 7.83. The van der Waals surface area contributed by atoms with Gasteiger partial charge in [-0.1, -0.05) is 18.2 Å². The van der Waals surface area contributed by atoms with E-state index in [2.05, 4.69) is 20.6 Å². The third-order valence-electron chi connectivity index (χ3n) is 4.77. The second-order valence-electron chi connectivity index (χ2n) is 6.54. The zero-order chi connectivity index (χ0) is 17.9. The molecule has 1 aliphatic rings. The van der Waals surface area contributed by atoms with E-state index < -0.39 is 5.91 Å². The van der Waals surface area contributed by atoms with E-state index in [4.69, 9.17) is 0 Å². The molecule has 0 atom stereocenters. The molecule has 132 valence electrons. The summed E-state index contributed by atoms with van der Waals surface area (Å²) in [6.45, 7) is 1.63. The van der Waals surface area contributed by atoms with Crippen LogP contribution in [0.3, 0.4) is 0 Å². The highest BCUT2D eigenvalue weighted by Crippen LogP contribution is 2.25. The molecule has 0 bridgehead atoms. The highest BCUT2D eigenvalue weighted by atomic mass is 16.2. The lowest BCUT2D eigenvalue weighted by atomic mass is 9.97. The molecule has 0 aliphatic carbocycles. The number of carbonyl (C=O) groups is 2. The number of pyridine rings is 1. The normalized spacial score (nSPS) is 15.7. The first-order chi connectivity index (χ1) is 12.7. The molecule has 6 heteroatoms. The van der Waals surface area contributed by atoms with Crippen molar-refractivity contribution in [3.8, 4) is 0 Å². The number of H-pyrrole nitrogens is 1. The summed E-state index contributed by atoms with van der Waals surface area (Å²) in [6.07, 6.45) is 6.28. The van der Waals surface area contributed by atoms with Crippen molar-refractivity contribution >= 4 is 39.7 Å². The average Bonchev–Trinajstić information content (AvgIpc) is 3.05. The molecule has 1 fully saturated rings. The number of rotatable bonds is 3. The van der Waals surface area contributed by atoms with E-state index in [0.29, 0.717) is 5.69 Å². The molecule has 26 heavy (non-hydrogen) atoms. The fourth-order valence-corrected chi connectivity index (χ4v) is 3.37. The zero-order valence-corrected chi connectivity index (χ0v) is 14.3. The van der Waals surface area contributed by atoms with Crippen LogP contribution in [-0.2, 0) is 9.59 Å². The van der Waals surface area contributed by atoms with Gasteiger partial charge in [0.15, 0.2) is 0 Å². The Morgan fingerprint density at radius 2 is 1.92 bits per heavy atom. The van der Waals surface area contributed by atoms with E-state index in [-0.39, 0.29) is 11.8 Å². The van der Waals surface area contributed by atoms with Crippen molar-refractivity contribution in [3.63, 3.8) is 0 Å². The average molecular weight is 348 g/mol. The Labute approximate surface area is 150 Å². The molecule has 0 radical (unpaired) electrons. The minimum atomic E-state index is -0.408. The molecule has 2 amide bonds. The van der Waals surface area contributed by atoms with Crippen molar-refractivity contribution in [2.75, 3.05) is 13.1 Å². The largest absolute Gasteiger partial charge is 0.353 e. The molecule has 1 saturated heterocycles. The van der Waals surface area contributed by atoms with Gasteiger partial charge in [0, 0.05) is 28.3 Å². The maximum absolute atomic E-state index is 12.1. The van der Waals surface area contributed by atoms with E-state index >= 15 is 0 Å². The molecular weight excluding hydrogens is 328 g/mol. The summed E-state index contributed by atoms with van der Waals surface area (Å²) in [4.78, 5) is 31.8. The molecular formula is C20H20N4O2. The monoisotopic (exact) mass is 348 g/mol. The molecule has 0 unspecified atom stereocenters. The number of para-hydroxylation sites is 1. The van der Waals surface area contributed by atoms with Gasteiger partial charge in [-0.3, -0.25) is 19.9 Å². The molecule has 0 saturated carbocycles. The van der Waals surface area contributed by atoms with Crippen LogP contribution in [0.5, 0.6) is 0 Å². The molecule has 3 aromatic rings. The molecule has 1 aromatic carbocycles. The number of nitrogens with one attached hydrogen (secondary N) is 3. The molecule has 1 aliphatic heterocycles. The van der Waals surface area contributed by atoms with Crippen LogP contribution in [0.2, 0.25) is 0 Å². The van der Waals surface area contributed by atoms with Crippen molar-refractivity contribution in [1.29, 1.82) is 0 Å². The zero-order valence-electron chi connectivity index (χ0n) is 14.3. The molecule has 6 nitrogen and oxygen atoms in total. The van der Waals surface area contributed by atoms with Crippen LogP contribution in [0.4, 0.5) is 0 Å². The predicted octanol–water partition coefficient (Wildman–Crippen LogP) is 2.37. The minimum Gasteiger partial charge on any atom is -0.353 e. The van der Waals surface area contributed by atoms with Gasteiger partial charge in [-0.05, 0) is 44.1 Å². The minimum absolute atomic E-state index is 0.0886. The van der Waals surface area contributed by atoms with Crippen LogP contribution in [0.1, 0.15) is 18.5 Å². The fraction of sp³-hybridized carbons (Fsp3) is 0.250. The number of hydrogen-bond donors (Lipinski definition) is 3. The van der Waals surface area contributed by atoms with E-state index in [1.54, 1.807) is 12.3 Å². The van der Waals surface area contributed by atoms with Crippen LogP contribution in [0.25, 0.3) is 27.9 Å². The Balaban J connectivity index is 1.48. The Hall–Kier alpha value is -2.99. The number of amides is 2. The Kier molecular flexibility index (Phi) is 4.50. The third-order valence-corrected chi connectivity index (χ3v) is 4.77. The van der Waals surface area contributed by atoms with Gasteiger partial charge in [0.25, 0.3) is 5.91 Å². The quantitative estimate of drug-likeness (QED) is 0.634. The molecule has 2 aromatic heterocycles. The highest BCUT2D eigenvalue weighted by molar-refractivity contribution is 6.08. The van der Waals surface area contributed by atoms with Crippen molar-refractivity contribution in [2.24, 2.45) is 5.92 Å². The number of aromatic amines is 1. The maximum Gasteiger partial charge on any atom is 0.250 e. The third kappa shape index (κ3) is 3.36. The summed E-state index contributed by atoms with van der Waals surface area (Å²) >= 11 is 0. The number of aromatic nitrogens is 2. The van der Waals surface area contributed by atoms with Crippen LogP contribution in [0, 0.1) is 5.92 Å². The van der Waals surface area contributed by atoms with E-state index in [9.17, 15) is 9.59 Å². The van der Waals surface area contributed by atoms with Crippen molar-refractivity contribution in [2.45, 2.75) is 12.8 Å². The van der Waals surface area contributed by atoms with Crippen molar-refractivity contribution in [1.82, 2.24) is 20.6 Å². The number of benzene rings is 1. The van der Waals surface area contributed by atoms with Crippen molar-refractivity contribution in [3.05, 3.63) is 48.3 Å². The maximum atomic E-state index is 12.1. The first-order valence-electron chi connectivity index (χ1n) is 8.81. The van der Waals surface area contributed by atoms with Gasteiger partial charge in [0.1, 0.15) is 0 Å². The van der Waals surface area contributed by atoms with Gasteiger partial charge < -0.3 is 10.3 Å². The topological polar surface area (TPSA) is 86.9 Å². The second-order valence-corrected chi connectivity index (χ2v) is 6.54. The molecule has 3 N–H and O–H groups in total. The summed E-state index contributed by atoms with van der Waals surface area (Å²) in [7, 11) is 0. The number of imide groups is 1. The van der Waals surface area contributed by atoms with E-state index in [1.807, 2.05) is 30.3 Å². The number of nitrogens with zero attached hydrogens (tertiary/aromatic N) is 1. The number of carbonyl (C=O) groups excluding carboxylic acids is 2. The van der Waals surface area contributed by atoms with Gasteiger partial charge in [-0.25, -0.2) is 0 Å². The van der Waals surface area contributed by atoms with E-state index in [1.165, 1.54) is 6.08 Å². The first kappa shape index (κ1) is 16.5. The number of piperidine rings is 1. The Bertz CT molecular complexity index is 999. The van der Waals surface area contributed by atoms with Crippen LogP contribution < -0.4 is 10.6 Å². The Morgan fingerprint density at radius 1 is 1.12 bits per heavy atom. The number of fused-ring (bicyclic) bond motifs is 3. The van der Waals surface area contributed by atoms with Crippen LogP contribution in [0.15, 0.2) is 42.6 Å². The lowest BCUT2D eigenvalue weighted by Gasteiger charge is -2.20. The van der Waals surface area contributed by atoms with Crippen LogP contribution in [-0.4, -0.2) is 34.9 Å². The van der Waals surface area contributed by atoms with Gasteiger partial charge in [-0.15, -0.1) is 0 Å². The smallest absolute Gasteiger partial charge is 0.250 e. The first-order valence-corrected chi connectivity index (χ1v) is 8.81. The molecule has 4 rings (SSSR count). The Morgan fingerprint density at radius 3 is 2.77 bits per heavy atom. The standard InChI is InChI=1S/C20H20N4O2/c25-19(24-20(26)13-7-9-21-10-8-13)6-5-14-11-16-15-3-1-2-4-17(15)23-18(16)12-22-14/h1-6,11-13,21,23H,7-10H2,(H,24,25,26)/b6-5+. The van der Waals surface area contributed by atoms with E-state index in [0.717, 1.165) is 47.7 Å². The van der Waals surface area contributed by atoms with Gasteiger partial charge in [0.05, 0.1) is 17.4 Å². The highest BCUT2D eigenvalue weighted by Gasteiger charge is 2.21. The van der Waals surface area contributed by atoms with Crippen molar-refractivity contribution < 1.29 is 9.59 Å². The predicted molar refractivity (Wildman–Crippen MR) is 101 cm³/mol. The summed E-state index contributed by atoms with van der Waals surface area (Å²) < 4.78 is 0.